The van der Waals surface area contributed by atoms with E-state index in [1.807, 2.05) is 18.2 Å². The lowest BCUT2D eigenvalue weighted by atomic mass is 9.89. The van der Waals surface area contributed by atoms with E-state index in [0.29, 0.717) is 30.5 Å². The van der Waals surface area contributed by atoms with Crippen LogP contribution in [0.15, 0.2) is 24.3 Å². The quantitative estimate of drug-likeness (QED) is 0.759. The number of likely N-dealkylation sites (tertiary alicyclic amines) is 1. The monoisotopic (exact) mass is 356 g/mol. The smallest absolute Gasteiger partial charge is 0.224 e. The van der Waals surface area contributed by atoms with Gasteiger partial charge in [0.15, 0.2) is 0 Å². The number of anilines is 2. The molecule has 142 valence electrons. The molecule has 5 nitrogen and oxygen atoms in total. The Hall–Kier alpha value is -1.59. The number of rotatable bonds is 5. The first-order valence-electron chi connectivity index (χ1n) is 10.3. The molecule has 0 saturated carbocycles. The van der Waals surface area contributed by atoms with E-state index in [0.717, 1.165) is 50.1 Å². The summed E-state index contributed by atoms with van der Waals surface area (Å²) in [5.41, 5.74) is 1.98. The zero-order chi connectivity index (χ0) is 17.9. The van der Waals surface area contributed by atoms with Gasteiger partial charge in [0.25, 0.3) is 0 Å². The van der Waals surface area contributed by atoms with Crippen LogP contribution in [0.2, 0.25) is 0 Å². The third-order valence-corrected chi connectivity index (χ3v) is 6.32. The molecule has 3 saturated heterocycles. The molecule has 4 rings (SSSR count). The van der Waals surface area contributed by atoms with Crippen LogP contribution in [0.25, 0.3) is 0 Å². The van der Waals surface area contributed by atoms with Crippen molar-refractivity contribution < 1.29 is 4.79 Å². The van der Waals surface area contributed by atoms with Gasteiger partial charge in [-0.1, -0.05) is 12.1 Å². The molecular weight excluding hydrogens is 324 g/mol. The fourth-order valence-corrected chi connectivity index (χ4v) is 4.90. The Morgan fingerprint density at radius 3 is 2.42 bits per heavy atom. The SMILES string of the molecule is CN1CCC(Nc2ccccc2NC(=O)CC2CC3CCC(C2)N3)CC1. The number of benzene rings is 1. The summed E-state index contributed by atoms with van der Waals surface area (Å²) in [6.45, 7) is 2.26. The lowest BCUT2D eigenvalue weighted by Crippen LogP contribution is -2.39. The predicted molar refractivity (Wildman–Crippen MR) is 107 cm³/mol. The molecule has 1 aromatic rings. The van der Waals surface area contributed by atoms with E-state index in [1.165, 1.54) is 12.8 Å². The van der Waals surface area contributed by atoms with Crippen molar-refractivity contribution in [3.63, 3.8) is 0 Å². The van der Waals surface area contributed by atoms with Gasteiger partial charge in [-0.3, -0.25) is 4.79 Å². The van der Waals surface area contributed by atoms with Gasteiger partial charge in [0.05, 0.1) is 11.4 Å². The van der Waals surface area contributed by atoms with E-state index in [-0.39, 0.29) is 5.91 Å². The average Bonchev–Trinajstić information content (AvgIpc) is 2.97. The molecule has 0 radical (unpaired) electrons. The maximum atomic E-state index is 12.6. The van der Waals surface area contributed by atoms with E-state index < -0.39 is 0 Å². The number of nitrogens with one attached hydrogen (secondary N) is 3. The molecule has 3 heterocycles. The van der Waals surface area contributed by atoms with Gasteiger partial charge < -0.3 is 20.9 Å². The van der Waals surface area contributed by atoms with Crippen LogP contribution in [-0.2, 0) is 4.79 Å². The van der Waals surface area contributed by atoms with Crippen LogP contribution in [0.1, 0.15) is 44.9 Å². The van der Waals surface area contributed by atoms with Crippen molar-refractivity contribution >= 4 is 17.3 Å². The normalized spacial score (nSPS) is 29.5. The number of nitrogens with zero attached hydrogens (tertiary/aromatic N) is 1. The summed E-state index contributed by atoms with van der Waals surface area (Å²) < 4.78 is 0. The second-order valence-corrected chi connectivity index (χ2v) is 8.50. The Labute approximate surface area is 156 Å². The Bertz CT molecular complexity index is 614. The summed E-state index contributed by atoms with van der Waals surface area (Å²) in [6.07, 6.45) is 7.82. The maximum absolute atomic E-state index is 12.6. The topological polar surface area (TPSA) is 56.4 Å². The first-order chi connectivity index (χ1) is 12.7. The number of hydrogen-bond donors (Lipinski definition) is 3. The fourth-order valence-electron chi connectivity index (χ4n) is 4.90. The molecule has 3 fully saturated rings. The molecule has 3 aliphatic rings. The molecule has 26 heavy (non-hydrogen) atoms. The highest BCUT2D eigenvalue weighted by Crippen LogP contribution is 2.33. The Morgan fingerprint density at radius 2 is 1.73 bits per heavy atom. The second-order valence-electron chi connectivity index (χ2n) is 8.50. The van der Waals surface area contributed by atoms with Crippen LogP contribution in [0.5, 0.6) is 0 Å². The zero-order valence-corrected chi connectivity index (χ0v) is 15.8. The Morgan fingerprint density at radius 1 is 1.08 bits per heavy atom. The minimum atomic E-state index is 0.161. The molecule has 5 heteroatoms. The van der Waals surface area contributed by atoms with Crippen molar-refractivity contribution in [1.29, 1.82) is 0 Å². The van der Waals surface area contributed by atoms with Gasteiger partial charge in [0, 0.05) is 24.5 Å². The summed E-state index contributed by atoms with van der Waals surface area (Å²) in [7, 11) is 2.18. The van der Waals surface area contributed by atoms with Crippen LogP contribution in [0.3, 0.4) is 0 Å². The molecule has 1 aromatic carbocycles. The second kappa shape index (κ2) is 7.97. The molecule has 0 spiro atoms. The molecular formula is C21H32N4O. The van der Waals surface area contributed by atoms with E-state index in [2.05, 4.69) is 34.0 Å². The first kappa shape index (κ1) is 17.8. The number of piperidine rings is 2. The van der Waals surface area contributed by atoms with Crippen molar-refractivity contribution in [1.82, 2.24) is 10.2 Å². The van der Waals surface area contributed by atoms with Gasteiger partial charge in [0.2, 0.25) is 5.91 Å². The van der Waals surface area contributed by atoms with E-state index >= 15 is 0 Å². The summed E-state index contributed by atoms with van der Waals surface area (Å²) in [6, 6.07) is 9.91. The first-order valence-corrected chi connectivity index (χ1v) is 10.3. The molecule has 0 aromatic heterocycles. The number of carbonyl (C=O) groups excluding carboxylic acids is 1. The largest absolute Gasteiger partial charge is 0.381 e. The van der Waals surface area contributed by atoms with Crippen molar-refractivity contribution in [2.75, 3.05) is 30.8 Å². The van der Waals surface area contributed by atoms with Gasteiger partial charge in [-0.05, 0) is 76.7 Å². The predicted octanol–water partition coefficient (Wildman–Crippen LogP) is 3.05. The molecule has 1 amide bonds. The maximum Gasteiger partial charge on any atom is 0.224 e. The molecule has 3 N–H and O–H groups in total. The van der Waals surface area contributed by atoms with E-state index in [1.54, 1.807) is 0 Å². The van der Waals surface area contributed by atoms with Gasteiger partial charge in [-0.15, -0.1) is 0 Å². The zero-order valence-electron chi connectivity index (χ0n) is 15.8. The molecule has 2 unspecified atom stereocenters. The standard InChI is InChI=1S/C21H32N4O/c1-25-10-8-16(9-11-25)23-19-4-2-3-5-20(19)24-21(26)14-15-12-17-6-7-18(13-15)22-17/h2-5,15-18,22-23H,6-14H2,1H3,(H,24,26). The third-order valence-electron chi connectivity index (χ3n) is 6.32. The number of fused-ring (bicyclic) bond motifs is 2. The van der Waals surface area contributed by atoms with Crippen LogP contribution in [0, 0.1) is 5.92 Å². The van der Waals surface area contributed by atoms with E-state index in [9.17, 15) is 4.79 Å². The highest BCUT2D eigenvalue weighted by molar-refractivity contribution is 5.94. The lowest BCUT2D eigenvalue weighted by molar-refractivity contribution is -0.117. The average molecular weight is 357 g/mol. The number of carbonyl (C=O) groups is 1. The van der Waals surface area contributed by atoms with Gasteiger partial charge in [-0.25, -0.2) is 0 Å². The van der Waals surface area contributed by atoms with Crippen molar-refractivity contribution in [2.45, 2.75) is 63.1 Å². The summed E-state index contributed by atoms with van der Waals surface area (Å²) in [4.78, 5) is 15.0. The van der Waals surface area contributed by atoms with Crippen molar-refractivity contribution in [3.8, 4) is 0 Å². The van der Waals surface area contributed by atoms with Crippen LogP contribution in [-0.4, -0.2) is 49.1 Å². The Kier molecular flexibility index (Phi) is 5.46. The summed E-state index contributed by atoms with van der Waals surface area (Å²) in [5.74, 6) is 0.691. The molecule has 3 aliphatic heterocycles. The Balaban J connectivity index is 1.33. The lowest BCUT2D eigenvalue weighted by Gasteiger charge is -2.31. The fraction of sp³-hybridized carbons (Fsp3) is 0.667. The minimum absolute atomic E-state index is 0.161. The number of amides is 1. The highest BCUT2D eigenvalue weighted by Gasteiger charge is 2.34. The van der Waals surface area contributed by atoms with Crippen molar-refractivity contribution in [3.05, 3.63) is 24.3 Å². The van der Waals surface area contributed by atoms with Gasteiger partial charge >= 0.3 is 0 Å². The molecule has 2 bridgehead atoms. The van der Waals surface area contributed by atoms with Crippen LogP contribution >= 0.6 is 0 Å². The summed E-state index contributed by atoms with van der Waals surface area (Å²) in [5, 5.41) is 10.5. The highest BCUT2D eigenvalue weighted by atomic mass is 16.1. The minimum Gasteiger partial charge on any atom is -0.381 e. The van der Waals surface area contributed by atoms with Crippen LogP contribution in [0.4, 0.5) is 11.4 Å². The number of hydrogen-bond acceptors (Lipinski definition) is 4. The summed E-state index contributed by atoms with van der Waals surface area (Å²) >= 11 is 0. The van der Waals surface area contributed by atoms with Crippen molar-refractivity contribution in [2.24, 2.45) is 5.92 Å². The van der Waals surface area contributed by atoms with E-state index in [4.69, 9.17) is 0 Å². The molecule has 2 atom stereocenters. The van der Waals surface area contributed by atoms with Gasteiger partial charge in [-0.2, -0.15) is 0 Å². The van der Waals surface area contributed by atoms with Crippen LogP contribution < -0.4 is 16.0 Å². The van der Waals surface area contributed by atoms with Gasteiger partial charge in [0.1, 0.15) is 0 Å². The third kappa shape index (κ3) is 4.38. The molecule has 0 aliphatic carbocycles. The number of para-hydroxylation sites is 2.